The minimum absolute atomic E-state index is 0. The van der Waals surface area contributed by atoms with Gasteiger partial charge in [0.25, 0.3) is 0 Å². The average Bonchev–Trinajstić information content (AvgIpc) is 1.59. The van der Waals surface area contributed by atoms with Crippen molar-refractivity contribution >= 4 is 17.3 Å². The van der Waals surface area contributed by atoms with E-state index in [1.807, 2.05) is 0 Å². The van der Waals surface area contributed by atoms with Gasteiger partial charge in [-0.25, -0.2) is 0 Å². The first-order valence-corrected chi connectivity index (χ1v) is 2.98. The summed E-state index contributed by atoms with van der Waals surface area (Å²) in [7, 11) is 0. The summed E-state index contributed by atoms with van der Waals surface area (Å²) in [4.78, 5) is 31.8. The third-order valence-electron chi connectivity index (χ3n) is 1.22. The molecule has 0 aliphatic heterocycles. The van der Waals surface area contributed by atoms with Gasteiger partial charge in [0.1, 0.15) is 23.3 Å². The molecule has 0 aliphatic carbocycles. The zero-order chi connectivity index (χ0) is 8.31. The number of ketones is 3. The summed E-state index contributed by atoms with van der Waals surface area (Å²) in [6, 6.07) is 0. The molecule has 0 fully saturated rings. The molecule has 0 radical (unpaired) electrons. The van der Waals surface area contributed by atoms with Crippen LogP contribution in [0, 0.1) is 5.92 Å². The summed E-state index contributed by atoms with van der Waals surface area (Å²) in [5, 5.41) is 0. The molecule has 0 aliphatic rings. The van der Waals surface area contributed by atoms with Crippen LogP contribution in [0.25, 0.3) is 0 Å². The van der Waals surface area contributed by atoms with E-state index in [0.29, 0.717) is 0 Å². The largest absolute Gasteiger partial charge is 0.412 e. The molecule has 0 aromatic carbocycles. The first kappa shape index (κ1) is 17.7. The van der Waals surface area contributed by atoms with Gasteiger partial charge in [0.15, 0.2) is 0 Å². The number of Topliss-reactive ketones (excluding diaryl/α,β-unsaturated/α-hetero) is 3. The van der Waals surface area contributed by atoms with Crippen molar-refractivity contribution in [1.29, 1.82) is 0 Å². The van der Waals surface area contributed by atoms with Crippen molar-refractivity contribution in [3.63, 3.8) is 0 Å². The topological polar surface area (TPSA) is 82.7 Å². The van der Waals surface area contributed by atoms with Gasteiger partial charge in [0.05, 0.1) is 0 Å². The quantitative estimate of drug-likeness (QED) is 0.464. The van der Waals surface area contributed by atoms with E-state index in [0.717, 1.165) is 0 Å². The van der Waals surface area contributed by atoms with E-state index >= 15 is 0 Å². The predicted octanol–water partition coefficient (Wildman–Crippen LogP) is -0.458. The Morgan fingerprint density at radius 3 is 1.00 bits per heavy atom. The van der Waals surface area contributed by atoms with Gasteiger partial charge in [-0.2, -0.15) is 0 Å². The van der Waals surface area contributed by atoms with Crippen LogP contribution in [-0.4, -0.2) is 22.8 Å². The van der Waals surface area contributed by atoms with E-state index in [4.69, 9.17) is 0 Å². The van der Waals surface area contributed by atoms with Crippen molar-refractivity contribution in [3.8, 4) is 0 Å². The predicted molar refractivity (Wildman–Crippen MR) is 39.1 cm³/mol. The van der Waals surface area contributed by atoms with Gasteiger partial charge in [0, 0.05) is 21.7 Å². The van der Waals surface area contributed by atoms with Crippen LogP contribution in [0.1, 0.15) is 20.8 Å². The van der Waals surface area contributed by atoms with Crippen molar-refractivity contribution < 1.29 is 41.6 Å². The summed E-state index contributed by atoms with van der Waals surface area (Å²) in [6.45, 7) is 3.73. The SMILES string of the molecule is CC(=O)C(C(C)=O)C(C)=O.O.[Ti]. The van der Waals surface area contributed by atoms with Gasteiger partial charge in [0.2, 0.25) is 0 Å². The Labute approximate surface area is 85.9 Å². The van der Waals surface area contributed by atoms with Crippen LogP contribution < -0.4 is 0 Å². The van der Waals surface area contributed by atoms with Gasteiger partial charge in [-0.1, -0.05) is 0 Å². The average molecular weight is 208 g/mol. The monoisotopic (exact) mass is 208 g/mol. The number of rotatable bonds is 3. The van der Waals surface area contributed by atoms with E-state index in [2.05, 4.69) is 0 Å². The molecule has 0 atom stereocenters. The standard InChI is InChI=1S/C7H10O3.H2O.Ti/c1-4(8)7(5(2)9)6(3)10;;/h7H,1-3H3;1H2;. The second-order valence-corrected chi connectivity index (χ2v) is 2.26. The molecule has 5 heteroatoms. The van der Waals surface area contributed by atoms with Crippen LogP contribution in [0.15, 0.2) is 0 Å². The number of hydrogen-bond acceptors (Lipinski definition) is 3. The van der Waals surface area contributed by atoms with Crippen molar-refractivity contribution in [3.05, 3.63) is 0 Å². The third kappa shape index (κ3) is 5.35. The number of hydrogen-bond donors (Lipinski definition) is 0. The van der Waals surface area contributed by atoms with Crippen LogP contribution in [-0.2, 0) is 36.1 Å². The fourth-order valence-corrected chi connectivity index (χ4v) is 0.859. The molecular formula is C7H12O4Ti. The summed E-state index contributed by atoms with van der Waals surface area (Å²) < 4.78 is 0. The number of carbonyl (C=O) groups is 3. The maximum Gasteiger partial charge on any atom is 0.147 e. The van der Waals surface area contributed by atoms with Gasteiger partial charge in [-0.15, -0.1) is 0 Å². The summed E-state index contributed by atoms with van der Waals surface area (Å²) in [5.74, 6) is -2.15. The first-order valence-electron chi connectivity index (χ1n) is 2.98. The Balaban J connectivity index is -0.000000405. The summed E-state index contributed by atoms with van der Waals surface area (Å²) in [5.41, 5.74) is 0. The van der Waals surface area contributed by atoms with Crippen LogP contribution >= 0.6 is 0 Å². The van der Waals surface area contributed by atoms with Crippen molar-refractivity contribution in [2.75, 3.05) is 0 Å². The zero-order valence-corrected chi connectivity index (χ0v) is 8.86. The smallest absolute Gasteiger partial charge is 0.147 e. The van der Waals surface area contributed by atoms with E-state index in [9.17, 15) is 14.4 Å². The van der Waals surface area contributed by atoms with Crippen molar-refractivity contribution in [2.24, 2.45) is 5.92 Å². The molecular weight excluding hydrogens is 196 g/mol. The molecule has 0 heterocycles. The molecule has 0 bridgehead atoms. The Morgan fingerprint density at radius 2 is 1.00 bits per heavy atom. The van der Waals surface area contributed by atoms with Crippen molar-refractivity contribution in [2.45, 2.75) is 20.8 Å². The van der Waals surface area contributed by atoms with Gasteiger partial charge < -0.3 is 5.48 Å². The van der Waals surface area contributed by atoms with Crippen molar-refractivity contribution in [1.82, 2.24) is 0 Å². The van der Waals surface area contributed by atoms with E-state index in [1.165, 1.54) is 20.8 Å². The second kappa shape index (κ2) is 7.34. The Kier molecular flexibility index (Phi) is 10.8. The van der Waals surface area contributed by atoms with E-state index < -0.39 is 5.92 Å². The molecule has 0 unspecified atom stereocenters. The maximum atomic E-state index is 10.6. The minimum atomic E-state index is -1.03. The third-order valence-corrected chi connectivity index (χ3v) is 1.22. The summed E-state index contributed by atoms with van der Waals surface area (Å²) in [6.07, 6.45) is 0. The van der Waals surface area contributed by atoms with Gasteiger partial charge in [-0.3, -0.25) is 14.4 Å². The van der Waals surface area contributed by atoms with E-state index in [1.54, 1.807) is 0 Å². The molecule has 0 amide bonds. The maximum absolute atomic E-state index is 10.6. The Bertz CT molecular complexity index is 155. The zero-order valence-electron chi connectivity index (χ0n) is 7.30. The second-order valence-electron chi connectivity index (χ2n) is 2.26. The summed E-state index contributed by atoms with van der Waals surface area (Å²) >= 11 is 0. The van der Waals surface area contributed by atoms with Crippen LogP contribution in [0.5, 0.6) is 0 Å². The molecule has 0 aromatic rings. The fourth-order valence-electron chi connectivity index (χ4n) is 0.859. The molecule has 4 nitrogen and oxygen atoms in total. The van der Waals surface area contributed by atoms with E-state index in [-0.39, 0.29) is 44.5 Å². The van der Waals surface area contributed by atoms with Crippen LogP contribution in [0.2, 0.25) is 0 Å². The molecule has 0 aromatic heterocycles. The number of carbonyl (C=O) groups excluding carboxylic acids is 3. The molecule has 68 valence electrons. The molecule has 0 spiro atoms. The Hall–Kier alpha value is -0.316. The minimum Gasteiger partial charge on any atom is -0.412 e. The normalized spacial score (nSPS) is 8.00. The van der Waals surface area contributed by atoms with Crippen LogP contribution in [0.4, 0.5) is 0 Å². The molecule has 0 rings (SSSR count). The van der Waals surface area contributed by atoms with Gasteiger partial charge in [-0.05, 0) is 20.8 Å². The fraction of sp³-hybridized carbons (Fsp3) is 0.571. The molecule has 2 N–H and O–H groups in total. The van der Waals surface area contributed by atoms with Crippen LogP contribution in [0.3, 0.4) is 0 Å². The Morgan fingerprint density at radius 1 is 0.833 bits per heavy atom. The molecule has 12 heavy (non-hydrogen) atoms. The molecule has 0 saturated heterocycles. The molecule has 0 saturated carbocycles. The first-order chi connectivity index (χ1) is 4.46. The van der Waals surface area contributed by atoms with Gasteiger partial charge >= 0.3 is 0 Å².